The Bertz CT molecular complexity index is 731. The van der Waals surface area contributed by atoms with E-state index in [4.69, 9.17) is 9.16 Å². The lowest BCUT2D eigenvalue weighted by atomic mass is 9.50. The number of benzene rings is 1. The van der Waals surface area contributed by atoms with Crippen LogP contribution in [0.4, 0.5) is 0 Å². The minimum atomic E-state index is -2.12. The molecule has 176 valence electrons. The Hall–Kier alpha value is -0.723. The second-order valence-electron chi connectivity index (χ2n) is 11.9. The molecule has 0 amide bonds. The van der Waals surface area contributed by atoms with Crippen LogP contribution in [-0.4, -0.2) is 42.9 Å². The first-order valence-corrected chi connectivity index (χ1v) is 14.9. The Balaban J connectivity index is 1.88. The van der Waals surface area contributed by atoms with Gasteiger partial charge in [-0.2, -0.15) is 0 Å². The number of hydrogen-bond donors (Lipinski definition) is 2. The first kappa shape index (κ1) is 24.9. The first-order valence-electron chi connectivity index (χ1n) is 12.0. The Morgan fingerprint density at radius 1 is 1.13 bits per heavy atom. The largest absolute Gasteiger partial charge is 0.411 e. The van der Waals surface area contributed by atoms with E-state index in [9.17, 15) is 10.2 Å². The number of hydrogen-bond acceptors (Lipinski definition) is 4. The summed E-state index contributed by atoms with van der Waals surface area (Å²) in [5, 5.41) is 23.3. The molecule has 31 heavy (non-hydrogen) atoms. The highest BCUT2D eigenvalue weighted by atomic mass is 28.4. The molecule has 5 heteroatoms. The minimum absolute atomic E-state index is 0.00814. The molecule has 0 aliphatic heterocycles. The van der Waals surface area contributed by atoms with Gasteiger partial charge >= 0.3 is 0 Å². The van der Waals surface area contributed by atoms with E-state index >= 15 is 0 Å². The van der Waals surface area contributed by atoms with Crippen molar-refractivity contribution in [2.75, 3.05) is 6.61 Å². The third-order valence-corrected chi connectivity index (χ3v) is 13.3. The van der Waals surface area contributed by atoms with Crippen LogP contribution in [0.2, 0.25) is 18.1 Å². The van der Waals surface area contributed by atoms with Crippen molar-refractivity contribution in [3.63, 3.8) is 0 Å². The van der Waals surface area contributed by atoms with Gasteiger partial charge in [-0.3, -0.25) is 0 Å². The van der Waals surface area contributed by atoms with Crippen LogP contribution >= 0.6 is 0 Å². The molecule has 6 atom stereocenters. The SMILES string of the molecule is C[C@@H]1[C@H](O[Si](C)(C)C(C)(C)C)[C@@H](O)[C@]2(O)CCCC[C@H]2[C@]1(C)COCc1ccccc1. The van der Waals surface area contributed by atoms with Crippen LogP contribution in [0.25, 0.3) is 0 Å². The van der Waals surface area contributed by atoms with Gasteiger partial charge in [-0.05, 0) is 48.4 Å². The van der Waals surface area contributed by atoms with Crippen LogP contribution in [0.5, 0.6) is 0 Å². The number of ether oxygens (including phenoxy) is 1. The van der Waals surface area contributed by atoms with Gasteiger partial charge in [-0.1, -0.05) is 77.8 Å². The fourth-order valence-corrected chi connectivity index (χ4v) is 6.93. The van der Waals surface area contributed by atoms with Gasteiger partial charge in [-0.15, -0.1) is 0 Å². The molecule has 1 aromatic rings. The van der Waals surface area contributed by atoms with E-state index in [1.807, 2.05) is 18.2 Å². The molecule has 0 spiro atoms. The summed E-state index contributed by atoms with van der Waals surface area (Å²) in [6.07, 6.45) is 2.36. The summed E-state index contributed by atoms with van der Waals surface area (Å²) in [6.45, 7) is 16.7. The van der Waals surface area contributed by atoms with Crippen LogP contribution < -0.4 is 0 Å². The zero-order valence-electron chi connectivity index (χ0n) is 20.6. The molecular formula is C26H44O4Si. The first-order chi connectivity index (χ1) is 14.3. The fourth-order valence-electron chi connectivity index (χ4n) is 5.56. The highest BCUT2D eigenvalue weighted by molar-refractivity contribution is 6.74. The predicted molar refractivity (Wildman–Crippen MR) is 128 cm³/mol. The third-order valence-electron chi connectivity index (χ3n) is 8.84. The summed E-state index contributed by atoms with van der Waals surface area (Å²) in [5.74, 6) is 0.0876. The summed E-state index contributed by atoms with van der Waals surface area (Å²) in [5.41, 5.74) is -0.221. The van der Waals surface area contributed by atoms with Crippen molar-refractivity contribution in [2.45, 2.75) is 103 Å². The monoisotopic (exact) mass is 448 g/mol. The highest BCUT2D eigenvalue weighted by Gasteiger charge is 2.63. The second-order valence-corrected chi connectivity index (χ2v) is 16.6. The van der Waals surface area contributed by atoms with Gasteiger partial charge in [0.1, 0.15) is 6.10 Å². The number of fused-ring (bicyclic) bond motifs is 1. The summed E-state index contributed by atoms with van der Waals surface area (Å²) < 4.78 is 13.1. The lowest BCUT2D eigenvalue weighted by Gasteiger charge is -2.62. The van der Waals surface area contributed by atoms with E-state index in [0.29, 0.717) is 19.6 Å². The third kappa shape index (κ3) is 4.67. The van der Waals surface area contributed by atoms with Crippen molar-refractivity contribution in [3.05, 3.63) is 35.9 Å². The standard InChI is InChI=1S/C26H44O4Si/c1-19-22(30-31(6,7)24(2,3)4)23(27)26(28)16-12-11-15-21(26)25(19,5)18-29-17-20-13-9-8-10-14-20/h8-10,13-14,19,21-23,27-28H,11-12,15-18H2,1-7H3/t19-,21+,22+,23-,25-,26+/m1/s1. The van der Waals surface area contributed by atoms with Crippen molar-refractivity contribution in [3.8, 4) is 0 Å². The summed E-state index contributed by atoms with van der Waals surface area (Å²) in [7, 11) is -2.12. The zero-order chi connectivity index (χ0) is 23.1. The Labute approximate surface area is 190 Å². The zero-order valence-corrected chi connectivity index (χ0v) is 21.6. The maximum atomic E-state index is 11.8. The highest BCUT2D eigenvalue weighted by Crippen LogP contribution is 2.57. The maximum absolute atomic E-state index is 11.8. The molecule has 2 N–H and O–H groups in total. The fraction of sp³-hybridized carbons (Fsp3) is 0.769. The lowest BCUT2D eigenvalue weighted by molar-refractivity contribution is -0.258. The summed E-state index contributed by atoms with van der Waals surface area (Å²) in [4.78, 5) is 0. The molecule has 2 fully saturated rings. The molecule has 0 heterocycles. The van der Waals surface area contributed by atoms with E-state index in [-0.39, 0.29) is 28.4 Å². The predicted octanol–water partition coefficient (Wildman–Crippen LogP) is 5.53. The number of rotatable bonds is 6. The lowest BCUT2D eigenvalue weighted by Crippen LogP contribution is -2.70. The summed E-state index contributed by atoms with van der Waals surface area (Å²) in [6, 6.07) is 10.2. The maximum Gasteiger partial charge on any atom is 0.192 e. The van der Waals surface area contributed by atoms with Crippen LogP contribution in [-0.2, 0) is 15.8 Å². The van der Waals surface area contributed by atoms with Gasteiger partial charge < -0.3 is 19.4 Å². The molecule has 0 aromatic heterocycles. The van der Waals surface area contributed by atoms with Crippen molar-refractivity contribution < 1.29 is 19.4 Å². The molecule has 2 aliphatic carbocycles. The molecule has 0 bridgehead atoms. The van der Waals surface area contributed by atoms with Crippen molar-refractivity contribution >= 4 is 8.32 Å². The minimum Gasteiger partial charge on any atom is -0.411 e. The quantitative estimate of drug-likeness (QED) is 0.562. The van der Waals surface area contributed by atoms with Crippen molar-refractivity contribution in [1.29, 1.82) is 0 Å². The van der Waals surface area contributed by atoms with Gasteiger partial charge in [0.15, 0.2) is 8.32 Å². The smallest absolute Gasteiger partial charge is 0.192 e. The Morgan fingerprint density at radius 3 is 2.39 bits per heavy atom. The number of aliphatic hydroxyl groups is 2. The average Bonchev–Trinajstić information content (AvgIpc) is 2.70. The van der Waals surface area contributed by atoms with Crippen LogP contribution in [0.15, 0.2) is 30.3 Å². The van der Waals surface area contributed by atoms with E-state index in [2.05, 4.69) is 59.8 Å². The van der Waals surface area contributed by atoms with Gasteiger partial charge in [0.2, 0.25) is 0 Å². The van der Waals surface area contributed by atoms with Gasteiger partial charge in [0.25, 0.3) is 0 Å². The van der Waals surface area contributed by atoms with E-state index in [0.717, 1.165) is 24.8 Å². The van der Waals surface area contributed by atoms with Crippen LogP contribution in [0.3, 0.4) is 0 Å². The van der Waals surface area contributed by atoms with Crippen LogP contribution in [0.1, 0.15) is 65.9 Å². The molecule has 3 rings (SSSR count). The second kappa shape index (κ2) is 8.90. The van der Waals surface area contributed by atoms with Crippen molar-refractivity contribution in [2.24, 2.45) is 17.3 Å². The molecular weight excluding hydrogens is 404 g/mol. The van der Waals surface area contributed by atoms with E-state index in [1.165, 1.54) is 0 Å². The molecule has 0 unspecified atom stereocenters. The summed E-state index contributed by atoms with van der Waals surface area (Å²) >= 11 is 0. The molecule has 2 aliphatic rings. The number of aliphatic hydroxyl groups excluding tert-OH is 1. The average molecular weight is 449 g/mol. The molecule has 4 nitrogen and oxygen atoms in total. The van der Waals surface area contributed by atoms with E-state index in [1.54, 1.807) is 0 Å². The van der Waals surface area contributed by atoms with E-state index < -0.39 is 20.0 Å². The van der Waals surface area contributed by atoms with Crippen molar-refractivity contribution in [1.82, 2.24) is 0 Å². The molecule has 2 saturated carbocycles. The van der Waals surface area contributed by atoms with Gasteiger partial charge in [-0.25, -0.2) is 0 Å². The van der Waals surface area contributed by atoms with Crippen LogP contribution in [0, 0.1) is 17.3 Å². The topological polar surface area (TPSA) is 58.9 Å². The Morgan fingerprint density at radius 2 is 1.77 bits per heavy atom. The Kier molecular flexibility index (Phi) is 7.15. The van der Waals surface area contributed by atoms with Gasteiger partial charge in [0, 0.05) is 5.41 Å². The molecule has 0 radical (unpaired) electrons. The normalized spacial score (nSPS) is 36.8. The molecule has 0 saturated heterocycles. The van der Waals surface area contributed by atoms with Gasteiger partial charge in [0.05, 0.1) is 24.9 Å². The molecule has 1 aromatic carbocycles.